The number of halogens is 1. The van der Waals surface area contributed by atoms with Crippen molar-refractivity contribution in [3.63, 3.8) is 0 Å². The lowest BCUT2D eigenvalue weighted by molar-refractivity contribution is -0.139. The quantitative estimate of drug-likeness (QED) is 0.234. The average Bonchev–Trinajstić information content (AvgIpc) is 3.38. The largest absolute Gasteiger partial charge is 0.497 e. The summed E-state index contributed by atoms with van der Waals surface area (Å²) in [6.07, 6.45) is 5.30. The van der Waals surface area contributed by atoms with E-state index in [4.69, 9.17) is 9.15 Å². The molecule has 3 unspecified atom stereocenters. The molecule has 1 fully saturated rings. The first-order chi connectivity index (χ1) is 17.0. The summed E-state index contributed by atoms with van der Waals surface area (Å²) in [4.78, 5) is 18.3. The zero-order valence-corrected chi connectivity index (χ0v) is 20.9. The molecule has 1 aliphatic rings. The molecule has 0 spiro atoms. The summed E-state index contributed by atoms with van der Waals surface area (Å²) in [6.45, 7) is 2.63. The molecule has 8 heteroatoms. The number of aromatic nitrogens is 1. The van der Waals surface area contributed by atoms with E-state index in [1.54, 1.807) is 37.4 Å². The molecule has 0 bridgehead atoms. The third kappa shape index (κ3) is 6.98. The van der Waals surface area contributed by atoms with Gasteiger partial charge in [-0.3, -0.25) is 9.78 Å². The van der Waals surface area contributed by atoms with Crippen LogP contribution in [0.5, 0.6) is 5.75 Å². The molecular weight excluding hydrogens is 467 g/mol. The Kier molecular flexibility index (Phi) is 9.04. The van der Waals surface area contributed by atoms with Crippen LogP contribution >= 0.6 is 11.8 Å². The third-order valence-electron chi connectivity index (χ3n) is 6.88. The van der Waals surface area contributed by atoms with Crippen LogP contribution in [0.4, 0.5) is 4.39 Å². The molecule has 188 valence electrons. The zero-order chi connectivity index (χ0) is 24.6. The molecular formula is C27H33FN2O4S. The molecule has 1 N–H and O–H groups in total. The van der Waals surface area contributed by atoms with Crippen LogP contribution in [0.15, 0.2) is 58.4 Å². The number of carboxylic acid groups (broad SMARTS) is 1. The fourth-order valence-electron chi connectivity index (χ4n) is 5.06. The van der Waals surface area contributed by atoms with Gasteiger partial charge < -0.3 is 19.2 Å². The second-order valence-corrected chi connectivity index (χ2v) is 10.3. The summed E-state index contributed by atoms with van der Waals surface area (Å²) in [6, 6.07) is 11.1. The number of methoxy groups -OCH3 is 1. The lowest BCUT2D eigenvalue weighted by atomic mass is 9.79. The maximum Gasteiger partial charge on any atom is 0.303 e. The molecule has 1 saturated heterocycles. The van der Waals surface area contributed by atoms with Gasteiger partial charge in [-0.2, -0.15) is 0 Å². The predicted molar refractivity (Wildman–Crippen MR) is 136 cm³/mol. The zero-order valence-electron chi connectivity index (χ0n) is 20.1. The van der Waals surface area contributed by atoms with Crippen molar-refractivity contribution in [3.8, 4) is 5.75 Å². The van der Waals surface area contributed by atoms with Crippen molar-refractivity contribution >= 4 is 28.6 Å². The second-order valence-electron chi connectivity index (χ2n) is 9.17. The SMILES string of the molecule is COc1ccc2nccc(C(F)CCC3CCN(CCCSc4ccco4)CC3CC(=O)O)c2c1. The Labute approximate surface area is 209 Å². The Morgan fingerprint density at radius 3 is 3.00 bits per heavy atom. The number of aliphatic carboxylic acids is 1. The Bertz CT molecular complexity index is 1090. The number of hydrogen-bond acceptors (Lipinski definition) is 6. The van der Waals surface area contributed by atoms with Crippen LogP contribution in [0.1, 0.15) is 43.8 Å². The second kappa shape index (κ2) is 12.4. The van der Waals surface area contributed by atoms with Gasteiger partial charge in [-0.15, -0.1) is 0 Å². The van der Waals surface area contributed by atoms with Gasteiger partial charge in [-0.05, 0) is 92.6 Å². The number of alkyl halides is 1. The number of thioether (sulfide) groups is 1. The summed E-state index contributed by atoms with van der Waals surface area (Å²) in [5.41, 5.74) is 1.36. The number of fused-ring (bicyclic) bond motifs is 1. The van der Waals surface area contributed by atoms with E-state index in [0.29, 0.717) is 24.2 Å². The minimum atomic E-state index is -1.13. The van der Waals surface area contributed by atoms with E-state index in [1.165, 1.54) is 0 Å². The monoisotopic (exact) mass is 500 g/mol. The first-order valence-corrected chi connectivity index (χ1v) is 13.2. The molecule has 1 aromatic carbocycles. The van der Waals surface area contributed by atoms with Gasteiger partial charge in [0, 0.05) is 30.3 Å². The summed E-state index contributed by atoms with van der Waals surface area (Å²) >= 11 is 1.70. The number of carbonyl (C=O) groups is 1. The number of carboxylic acids is 1. The normalized spacial score (nSPS) is 19.6. The molecule has 1 aliphatic heterocycles. The van der Waals surface area contributed by atoms with Crippen molar-refractivity contribution in [2.24, 2.45) is 11.8 Å². The van der Waals surface area contributed by atoms with Crippen molar-refractivity contribution in [1.29, 1.82) is 0 Å². The fourth-order valence-corrected chi connectivity index (χ4v) is 5.84. The molecule has 0 radical (unpaired) electrons. The minimum Gasteiger partial charge on any atom is -0.497 e. The molecule has 4 rings (SSSR count). The predicted octanol–water partition coefficient (Wildman–Crippen LogP) is 6.22. The highest BCUT2D eigenvalue weighted by molar-refractivity contribution is 7.99. The maximum atomic E-state index is 15.4. The van der Waals surface area contributed by atoms with Gasteiger partial charge in [0.05, 0.1) is 18.9 Å². The first-order valence-electron chi connectivity index (χ1n) is 12.2. The number of nitrogens with zero attached hydrogens (tertiary/aromatic N) is 2. The van der Waals surface area contributed by atoms with Gasteiger partial charge in [-0.1, -0.05) is 11.8 Å². The molecule has 0 saturated carbocycles. The third-order valence-corrected chi connectivity index (χ3v) is 7.89. The summed E-state index contributed by atoms with van der Waals surface area (Å²) in [5.74, 6) is 1.11. The highest BCUT2D eigenvalue weighted by atomic mass is 32.2. The lowest BCUT2D eigenvalue weighted by Crippen LogP contribution is -2.42. The van der Waals surface area contributed by atoms with Crippen molar-refractivity contribution in [2.45, 2.75) is 43.4 Å². The minimum absolute atomic E-state index is 0.0421. The van der Waals surface area contributed by atoms with E-state index < -0.39 is 12.1 Å². The van der Waals surface area contributed by atoms with E-state index in [-0.39, 0.29) is 18.3 Å². The molecule has 35 heavy (non-hydrogen) atoms. The summed E-state index contributed by atoms with van der Waals surface area (Å²) in [7, 11) is 1.59. The molecule has 6 nitrogen and oxygen atoms in total. The number of ether oxygens (including phenoxy) is 1. The standard InChI is InChI=1S/C27H33FN2O4S/c1-33-21-6-8-25-23(17-21)22(9-11-29-25)24(28)7-5-19-10-13-30(18-20(19)16-26(31)32)12-3-15-35-27-4-2-14-34-27/h2,4,6,8-9,11,14,17,19-20,24H,3,5,7,10,12-13,15-16,18H2,1H3,(H,31,32). The first kappa shape index (κ1) is 25.5. The molecule has 3 atom stereocenters. The number of furan rings is 1. The average molecular weight is 501 g/mol. The van der Waals surface area contributed by atoms with Gasteiger partial charge in [0.2, 0.25) is 0 Å². The molecule has 0 aliphatic carbocycles. The Morgan fingerprint density at radius 2 is 2.23 bits per heavy atom. The Balaban J connectivity index is 1.32. The van der Waals surface area contributed by atoms with Crippen LogP contribution < -0.4 is 4.74 Å². The Hall–Kier alpha value is -2.58. The van der Waals surface area contributed by atoms with Crippen LogP contribution in [-0.2, 0) is 4.79 Å². The highest BCUT2D eigenvalue weighted by Crippen LogP contribution is 2.36. The molecule has 0 amide bonds. The van der Waals surface area contributed by atoms with Crippen molar-refractivity contribution in [1.82, 2.24) is 9.88 Å². The van der Waals surface area contributed by atoms with Crippen molar-refractivity contribution in [2.75, 3.05) is 32.5 Å². The van der Waals surface area contributed by atoms with Gasteiger partial charge in [0.1, 0.15) is 11.9 Å². The maximum absolute atomic E-state index is 15.4. The summed E-state index contributed by atoms with van der Waals surface area (Å²) < 4.78 is 26.1. The number of pyridine rings is 1. The van der Waals surface area contributed by atoms with Crippen molar-refractivity contribution in [3.05, 3.63) is 54.4 Å². The fraction of sp³-hybridized carbons (Fsp3) is 0.481. The van der Waals surface area contributed by atoms with Gasteiger partial charge in [0.25, 0.3) is 0 Å². The summed E-state index contributed by atoms with van der Waals surface area (Å²) in [5, 5.41) is 11.2. The molecule has 3 heterocycles. The van der Waals surface area contributed by atoms with E-state index in [1.807, 2.05) is 30.3 Å². The van der Waals surface area contributed by atoms with Crippen LogP contribution in [0.2, 0.25) is 0 Å². The number of hydrogen-bond donors (Lipinski definition) is 1. The van der Waals surface area contributed by atoms with Gasteiger partial charge >= 0.3 is 5.97 Å². The number of likely N-dealkylation sites (tertiary alicyclic amines) is 1. The van der Waals surface area contributed by atoms with E-state index in [0.717, 1.165) is 54.2 Å². The number of benzene rings is 1. The van der Waals surface area contributed by atoms with Gasteiger partial charge in [0.15, 0.2) is 5.09 Å². The van der Waals surface area contributed by atoms with Gasteiger partial charge in [-0.25, -0.2) is 4.39 Å². The lowest BCUT2D eigenvalue weighted by Gasteiger charge is -2.38. The molecule has 3 aromatic rings. The van der Waals surface area contributed by atoms with Crippen LogP contribution in [0.3, 0.4) is 0 Å². The van der Waals surface area contributed by atoms with Crippen LogP contribution in [-0.4, -0.2) is 53.5 Å². The van der Waals surface area contributed by atoms with Crippen LogP contribution in [0, 0.1) is 11.8 Å². The van der Waals surface area contributed by atoms with Crippen molar-refractivity contribution < 1.29 is 23.4 Å². The van der Waals surface area contributed by atoms with E-state index >= 15 is 4.39 Å². The van der Waals surface area contributed by atoms with E-state index in [2.05, 4.69) is 9.88 Å². The van der Waals surface area contributed by atoms with E-state index in [9.17, 15) is 9.90 Å². The Morgan fingerprint density at radius 1 is 1.34 bits per heavy atom. The van der Waals surface area contributed by atoms with Crippen LogP contribution in [0.25, 0.3) is 10.9 Å². The topological polar surface area (TPSA) is 75.8 Å². The molecule has 2 aromatic heterocycles. The number of piperidine rings is 1. The number of rotatable bonds is 12. The highest BCUT2D eigenvalue weighted by Gasteiger charge is 2.31. The smallest absolute Gasteiger partial charge is 0.303 e.